The van der Waals surface area contributed by atoms with Crippen molar-refractivity contribution in [2.75, 3.05) is 25.4 Å². The van der Waals surface area contributed by atoms with Crippen molar-refractivity contribution in [3.05, 3.63) is 0 Å². The van der Waals surface area contributed by atoms with Gasteiger partial charge in [-0.25, -0.2) is 0 Å². The number of rotatable bonds is 3. The fourth-order valence-electron chi connectivity index (χ4n) is 1.39. The number of aliphatic imine (C=N–C) groups is 1. The zero-order valence-electron chi connectivity index (χ0n) is 7.25. The SMILES string of the molecule is CC(C)C1=NCCN1CCS. The van der Waals surface area contributed by atoms with E-state index in [0.717, 1.165) is 25.4 Å². The van der Waals surface area contributed by atoms with E-state index in [0.29, 0.717) is 5.92 Å². The second-order valence-electron chi connectivity index (χ2n) is 3.11. The van der Waals surface area contributed by atoms with Crippen LogP contribution in [0.25, 0.3) is 0 Å². The van der Waals surface area contributed by atoms with Crippen LogP contribution in [0.15, 0.2) is 4.99 Å². The average molecular weight is 172 g/mol. The highest BCUT2D eigenvalue weighted by Crippen LogP contribution is 2.09. The van der Waals surface area contributed by atoms with Gasteiger partial charge in [-0.1, -0.05) is 13.8 Å². The predicted molar refractivity (Wildman–Crippen MR) is 52.6 cm³/mol. The molecular formula is C8H16N2S. The van der Waals surface area contributed by atoms with Gasteiger partial charge in [-0.15, -0.1) is 0 Å². The summed E-state index contributed by atoms with van der Waals surface area (Å²) >= 11 is 4.21. The van der Waals surface area contributed by atoms with Gasteiger partial charge in [0.25, 0.3) is 0 Å². The maximum atomic E-state index is 4.44. The minimum atomic E-state index is 0.567. The highest BCUT2D eigenvalue weighted by Gasteiger charge is 2.17. The summed E-state index contributed by atoms with van der Waals surface area (Å²) in [6.07, 6.45) is 0. The second kappa shape index (κ2) is 4.00. The van der Waals surface area contributed by atoms with Gasteiger partial charge in [-0.05, 0) is 0 Å². The number of thiol groups is 1. The molecule has 1 aliphatic rings. The Labute approximate surface area is 74.1 Å². The van der Waals surface area contributed by atoms with Crippen molar-refractivity contribution >= 4 is 18.5 Å². The Balaban J connectivity index is 2.48. The number of hydrogen-bond acceptors (Lipinski definition) is 3. The minimum absolute atomic E-state index is 0.567. The van der Waals surface area contributed by atoms with Crippen LogP contribution >= 0.6 is 12.6 Å². The van der Waals surface area contributed by atoms with Crippen molar-refractivity contribution in [2.24, 2.45) is 10.9 Å². The molecule has 0 aromatic heterocycles. The summed E-state index contributed by atoms with van der Waals surface area (Å²) in [6, 6.07) is 0. The molecule has 0 bridgehead atoms. The van der Waals surface area contributed by atoms with Crippen molar-refractivity contribution < 1.29 is 0 Å². The van der Waals surface area contributed by atoms with E-state index in [4.69, 9.17) is 0 Å². The van der Waals surface area contributed by atoms with Crippen LogP contribution in [0.2, 0.25) is 0 Å². The van der Waals surface area contributed by atoms with Gasteiger partial charge in [-0.2, -0.15) is 12.6 Å². The molecule has 0 saturated heterocycles. The van der Waals surface area contributed by atoms with Crippen LogP contribution in [-0.4, -0.2) is 36.1 Å². The van der Waals surface area contributed by atoms with Crippen LogP contribution in [-0.2, 0) is 0 Å². The molecule has 64 valence electrons. The van der Waals surface area contributed by atoms with E-state index in [-0.39, 0.29) is 0 Å². The standard InChI is InChI=1S/C8H16N2S/c1-7(2)8-9-3-4-10(8)5-6-11/h7,11H,3-6H2,1-2H3. The molecule has 0 aromatic rings. The lowest BCUT2D eigenvalue weighted by atomic mass is 10.2. The average Bonchev–Trinajstić information content (AvgIpc) is 2.36. The first-order valence-corrected chi connectivity index (χ1v) is 4.79. The van der Waals surface area contributed by atoms with Gasteiger partial charge in [0.15, 0.2) is 0 Å². The molecule has 2 nitrogen and oxygen atoms in total. The highest BCUT2D eigenvalue weighted by molar-refractivity contribution is 7.80. The van der Waals surface area contributed by atoms with E-state index < -0.39 is 0 Å². The molecule has 3 heteroatoms. The summed E-state index contributed by atoms with van der Waals surface area (Å²) in [5, 5.41) is 0. The van der Waals surface area contributed by atoms with Crippen LogP contribution in [0.3, 0.4) is 0 Å². The molecule has 0 saturated carbocycles. The summed E-state index contributed by atoms with van der Waals surface area (Å²) in [6.45, 7) is 7.49. The summed E-state index contributed by atoms with van der Waals surface area (Å²) in [5.74, 6) is 2.75. The Morgan fingerprint density at radius 1 is 1.64 bits per heavy atom. The molecule has 11 heavy (non-hydrogen) atoms. The molecular weight excluding hydrogens is 156 g/mol. The van der Waals surface area contributed by atoms with Crippen molar-refractivity contribution in [3.63, 3.8) is 0 Å². The lowest BCUT2D eigenvalue weighted by molar-refractivity contribution is 0.466. The Hall–Kier alpha value is -0.180. The van der Waals surface area contributed by atoms with Crippen molar-refractivity contribution in [1.29, 1.82) is 0 Å². The smallest absolute Gasteiger partial charge is 0.102 e. The molecule has 0 amide bonds. The molecule has 0 unspecified atom stereocenters. The maximum Gasteiger partial charge on any atom is 0.102 e. The van der Waals surface area contributed by atoms with Crippen LogP contribution in [0.5, 0.6) is 0 Å². The Kier molecular flexibility index (Phi) is 3.24. The van der Waals surface area contributed by atoms with Crippen LogP contribution in [0, 0.1) is 5.92 Å². The van der Waals surface area contributed by atoms with Crippen LogP contribution in [0.4, 0.5) is 0 Å². The van der Waals surface area contributed by atoms with Gasteiger partial charge in [-0.3, -0.25) is 4.99 Å². The molecule has 0 radical (unpaired) electrons. The van der Waals surface area contributed by atoms with Crippen molar-refractivity contribution in [2.45, 2.75) is 13.8 Å². The summed E-state index contributed by atoms with van der Waals surface area (Å²) in [5.41, 5.74) is 0. The first kappa shape index (κ1) is 8.91. The van der Waals surface area contributed by atoms with Gasteiger partial charge in [0, 0.05) is 24.8 Å². The number of nitrogens with zero attached hydrogens (tertiary/aromatic N) is 2. The Morgan fingerprint density at radius 2 is 2.36 bits per heavy atom. The van der Waals surface area contributed by atoms with Crippen molar-refractivity contribution in [3.8, 4) is 0 Å². The molecule has 1 aliphatic heterocycles. The molecule has 1 heterocycles. The number of hydrogen-bond donors (Lipinski definition) is 1. The van der Waals surface area contributed by atoms with Crippen LogP contribution in [0.1, 0.15) is 13.8 Å². The summed E-state index contributed by atoms with van der Waals surface area (Å²) in [4.78, 5) is 6.77. The van der Waals surface area contributed by atoms with E-state index in [2.05, 4.69) is 36.4 Å². The molecule has 0 aliphatic carbocycles. The zero-order chi connectivity index (χ0) is 8.27. The normalized spacial score (nSPS) is 17.8. The third-order valence-corrected chi connectivity index (χ3v) is 2.05. The zero-order valence-corrected chi connectivity index (χ0v) is 8.14. The molecule has 1 rings (SSSR count). The monoisotopic (exact) mass is 172 g/mol. The number of amidine groups is 1. The van der Waals surface area contributed by atoms with Gasteiger partial charge >= 0.3 is 0 Å². The van der Waals surface area contributed by atoms with Crippen molar-refractivity contribution in [1.82, 2.24) is 4.90 Å². The van der Waals surface area contributed by atoms with Gasteiger partial charge < -0.3 is 4.90 Å². The summed E-state index contributed by atoms with van der Waals surface area (Å²) in [7, 11) is 0. The third-order valence-electron chi connectivity index (χ3n) is 1.85. The Bertz CT molecular complexity index is 154. The fourth-order valence-corrected chi connectivity index (χ4v) is 1.64. The highest BCUT2D eigenvalue weighted by atomic mass is 32.1. The predicted octanol–water partition coefficient (Wildman–Crippen LogP) is 1.29. The summed E-state index contributed by atoms with van der Waals surface area (Å²) < 4.78 is 0. The third kappa shape index (κ3) is 2.12. The topological polar surface area (TPSA) is 15.6 Å². The quantitative estimate of drug-likeness (QED) is 0.634. The molecule has 0 aromatic carbocycles. The first-order chi connectivity index (χ1) is 5.25. The molecule has 0 spiro atoms. The Morgan fingerprint density at radius 3 is 2.91 bits per heavy atom. The van der Waals surface area contributed by atoms with E-state index >= 15 is 0 Å². The van der Waals surface area contributed by atoms with Gasteiger partial charge in [0.1, 0.15) is 5.84 Å². The lowest BCUT2D eigenvalue weighted by Gasteiger charge is -2.21. The van der Waals surface area contributed by atoms with E-state index in [1.54, 1.807) is 0 Å². The van der Waals surface area contributed by atoms with Crippen LogP contribution < -0.4 is 0 Å². The lowest BCUT2D eigenvalue weighted by Crippen LogP contribution is -2.32. The van der Waals surface area contributed by atoms with E-state index in [1.165, 1.54) is 5.84 Å². The van der Waals surface area contributed by atoms with Gasteiger partial charge in [0.2, 0.25) is 0 Å². The molecule has 0 fully saturated rings. The van der Waals surface area contributed by atoms with E-state index in [9.17, 15) is 0 Å². The largest absolute Gasteiger partial charge is 0.357 e. The maximum absolute atomic E-state index is 4.44. The molecule has 0 N–H and O–H groups in total. The second-order valence-corrected chi connectivity index (χ2v) is 3.55. The molecule has 0 atom stereocenters. The van der Waals surface area contributed by atoms with Gasteiger partial charge in [0.05, 0.1) is 6.54 Å². The minimum Gasteiger partial charge on any atom is -0.357 e. The fraction of sp³-hybridized carbons (Fsp3) is 0.875. The van der Waals surface area contributed by atoms with E-state index in [1.807, 2.05) is 0 Å². The first-order valence-electron chi connectivity index (χ1n) is 4.16.